The molecule has 45 heavy (non-hydrogen) atoms. The Morgan fingerprint density at radius 3 is 1.91 bits per heavy atom. The highest BCUT2D eigenvalue weighted by molar-refractivity contribution is 7.26. The predicted molar refractivity (Wildman–Crippen MR) is 193 cm³/mol. The van der Waals surface area contributed by atoms with Gasteiger partial charge in [-0.3, -0.25) is 0 Å². The van der Waals surface area contributed by atoms with Crippen molar-refractivity contribution in [1.82, 2.24) is 9.97 Å². The third-order valence-electron chi connectivity index (χ3n) is 9.24. The van der Waals surface area contributed by atoms with Crippen LogP contribution in [0.4, 0.5) is 0 Å². The van der Waals surface area contributed by atoms with Gasteiger partial charge in [0.05, 0.1) is 11.2 Å². The van der Waals surface area contributed by atoms with Crippen LogP contribution in [0.3, 0.4) is 0 Å². The van der Waals surface area contributed by atoms with E-state index in [1.54, 1.807) is 0 Å². The van der Waals surface area contributed by atoms with Crippen molar-refractivity contribution in [1.29, 1.82) is 0 Å². The Balaban J connectivity index is 1.33. The molecular formula is C42H24N2S. The van der Waals surface area contributed by atoms with E-state index in [0.29, 0.717) is 0 Å². The maximum Gasteiger partial charge on any atom is 0.160 e. The maximum atomic E-state index is 5.28. The maximum absolute atomic E-state index is 5.28. The quantitative estimate of drug-likeness (QED) is 0.188. The molecule has 0 bridgehead atoms. The fraction of sp³-hybridized carbons (Fsp3) is 0. The number of hydrogen-bond donors (Lipinski definition) is 0. The number of aromatic nitrogens is 2. The molecule has 0 aliphatic rings. The summed E-state index contributed by atoms with van der Waals surface area (Å²) in [7, 11) is 0. The summed E-state index contributed by atoms with van der Waals surface area (Å²) < 4.78 is 2.64. The lowest BCUT2D eigenvalue weighted by atomic mass is 9.91. The lowest BCUT2D eigenvalue weighted by molar-refractivity contribution is 1.24. The summed E-state index contributed by atoms with van der Waals surface area (Å²) in [6, 6.07) is 52.3. The highest BCUT2D eigenvalue weighted by Gasteiger charge is 2.18. The molecule has 10 rings (SSSR count). The van der Waals surface area contributed by atoms with Gasteiger partial charge in [-0.15, -0.1) is 11.3 Å². The number of hydrogen-bond acceptors (Lipinski definition) is 3. The largest absolute Gasteiger partial charge is 0.227 e. The first-order valence-electron chi connectivity index (χ1n) is 15.3. The second kappa shape index (κ2) is 9.43. The first-order valence-corrected chi connectivity index (χ1v) is 16.1. The molecule has 0 saturated carbocycles. The van der Waals surface area contributed by atoms with Crippen LogP contribution in [0.2, 0.25) is 0 Å². The molecule has 2 nitrogen and oxygen atoms in total. The Labute approximate surface area is 262 Å². The van der Waals surface area contributed by atoms with Gasteiger partial charge in [0.2, 0.25) is 0 Å². The Bertz CT molecular complexity index is 2810. The molecule has 208 valence electrons. The molecule has 0 aliphatic carbocycles. The summed E-state index contributed by atoms with van der Waals surface area (Å²) in [6.45, 7) is 0. The van der Waals surface area contributed by atoms with Crippen LogP contribution in [0, 0.1) is 0 Å². The molecule has 2 aromatic heterocycles. The zero-order chi connectivity index (χ0) is 29.5. The fourth-order valence-electron chi connectivity index (χ4n) is 7.21. The number of benzene rings is 8. The molecule has 10 aromatic rings. The number of nitrogens with zero attached hydrogens (tertiary/aromatic N) is 2. The van der Waals surface area contributed by atoms with Gasteiger partial charge in [-0.1, -0.05) is 121 Å². The minimum absolute atomic E-state index is 0.739. The minimum Gasteiger partial charge on any atom is -0.227 e. The van der Waals surface area contributed by atoms with E-state index >= 15 is 0 Å². The number of thiophene rings is 1. The van der Waals surface area contributed by atoms with Gasteiger partial charge in [-0.05, 0) is 62.0 Å². The zero-order valence-corrected chi connectivity index (χ0v) is 25.0. The van der Waals surface area contributed by atoms with Crippen LogP contribution in [0.1, 0.15) is 0 Å². The lowest BCUT2D eigenvalue weighted by Gasteiger charge is -2.14. The lowest BCUT2D eigenvalue weighted by Crippen LogP contribution is -1.96. The zero-order valence-electron chi connectivity index (χ0n) is 24.2. The Morgan fingerprint density at radius 1 is 0.378 bits per heavy atom. The van der Waals surface area contributed by atoms with E-state index < -0.39 is 0 Å². The second-order valence-corrected chi connectivity index (χ2v) is 12.8. The van der Waals surface area contributed by atoms with Crippen molar-refractivity contribution in [2.24, 2.45) is 0 Å². The number of fused-ring (bicyclic) bond motifs is 13. The van der Waals surface area contributed by atoms with Gasteiger partial charge in [0.1, 0.15) is 0 Å². The van der Waals surface area contributed by atoms with E-state index in [1.165, 1.54) is 57.9 Å². The summed E-state index contributed by atoms with van der Waals surface area (Å²) in [4.78, 5) is 10.6. The van der Waals surface area contributed by atoms with Crippen molar-refractivity contribution < 1.29 is 0 Å². The molecule has 0 fully saturated rings. The number of rotatable bonds is 2. The van der Waals surface area contributed by atoms with Crippen molar-refractivity contribution >= 4 is 85.5 Å². The summed E-state index contributed by atoms with van der Waals surface area (Å²) in [6.07, 6.45) is 0. The monoisotopic (exact) mass is 588 g/mol. The van der Waals surface area contributed by atoms with Gasteiger partial charge < -0.3 is 0 Å². The first kappa shape index (κ1) is 24.8. The average molecular weight is 589 g/mol. The van der Waals surface area contributed by atoms with Crippen LogP contribution >= 0.6 is 11.3 Å². The molecule has 2 heterocycles. The molecule has 0 radical (unpaired) electrons. The Hall–Kier alpha value is -5.64. The summed E-state index contributed by atoms with van der Waals surface area (Å²) >= 11 is 1.87. The van der Waals surface area contributed by atoms with E-state index in [0.717, 1.165) is 38.9 Å². The van der Waals surface area contributed by atoms with Crippen molar-refractivity contribution in [2.45, 2.75) is 0 Å². The van der Waals surface area contributed by atoms with Gasteiger partial charge in [0.25, 0.3) is 0 Å². The molecule has 0 N–H and O–H groups in total. The minimum atomic E-state index is 0.739. The molecule has 0 amide bonds. The standard InChI is InChI=1S/C42H24N2S/c1-2-11-26(12-3-1)40-34-21-18-25-10-4-5-13-28(25)41(34)44-42(43-40)27-19-20-32-35(24-27)30-15-7-6-14-29(30)31-22-23-37-39(38(31)32)33-16-8-9-17-36(33)45-37/h1-24H. The molecule has 0 spiro atoms. The molecule has 3 heteroatoms. The van der Waals surface area contributed by atoms with Crippen LogP contribution in [-0.2, 0) is 0 Å². The van der Waals surface area contributed by atoms with E-state index in [-0.39, 0.29) is 0 Å². The van der Waals surface area contributed by atoms with Crippen molar-refractivity contribution in [3.8, 4) is 22.6 Å². The first-order chi connectivity index (χ1) is 22.3. The summed E-state index contributed by atoms with van der Waals surface area (Å²) in [5.41, 5.74) is 4.04. The molecular weight excluding hydrogens is 565 g/mol. The highest BCUT2D eigenvalue weighted by atomic mass is 32.1. The molecule has 0 aliphatic heterocycles. The van der Waals surface area contributed by atoms with Crippen LogP contribution in [-0.4, -0.2) is 9.97 Å². The van der Waals surface area contributed by atoms with Gasteiger partial charge in [-0.2, -0.15) is 0 Å². The van der Waals surface area contributed by atoms with E-state index in [1.807, 2.05) is 11.3 Å². The second-order valence-electron chi connectivity index (χ2n) is 11.7. The van der Waals surface area contributed by atoms with Gasteiger partial charge in [0, 0.05) is 42.1 Å². The van der Waals surface area contributed by atoms with Crippen LogP contribution in [0.5, 0.6) is 0 Å². The Kier molecular flexibility index (Phi) is 5.19. The SMILES string of the molecule is c1ccc(-c2nc(-c3ccc4c(c3)c3ccccc3c3ccc5sc6ccccc6c5c34)nc3c2ccc2ccccc23)cc1. The topological polar surface area (TPSA) is 25.8 Å². The van der Waals surface area contributed by atoms with Crippen LogP contribution in [0.25, 0.3) is 96.8 Å². The van der Waals surface area contributed by atoms with E-state index in [2.05, 4.69) is 146 Å². The van der Waals surface area contributed by atoms with E-state index in [4.69, 9.17) is 9.97 Å². The van der Waals surface area contributed by atoms with Crippen LogP contribution in [0.15, 0.2) is 146 Å². The predicted octanol–water partition coefficient (Wildman–Crippen LogP) is 11.9. The normalized spacial score (nSPS) is 12.0. The smallest absolute Gasteiger partial charge is 0.160 e. The highest BCUT2D eigenvalue weighted by Crippen LogP contribution is 2.45. The van der Waals surface area contributed by atoms with Crippen LogP contribution < -0.4 is 0 Å². The molecule has 0 unspecified atom stereocenters. The third kappa shape index (κ3) is 3.62. The molecule has 8 aromatic carbocycles. The van der Waals surface area contributed by atoms with Gasteiger partial charge in [0.15, 0.2) is 5.82 Å². The molecule has 0 atom stereocenters. The Morgan fingerprint density at radius 2 is 1.04 bits per heavy atom. The van der Waals surface area contributed by atoms with Crippen molar-refractivity contribution in [2.75, 3.05) is 0 Å². The average Bonchev–Trinajstić information content (AvgIpc) is 3.50. The third-order valence-corrected chi connectivity index (χ3v) is 10.4. The van der Waals surface area contributed by atoms with Crippen molar-refractivity contribution in [3.63, 3.8) is 0 Å². The fourth-order valence-corrected chi connectivity index (χ4v) is 8.32. The van der Waals surface area contributed by atoms with Gasteiger partial charge in [-0.25, -0.2) is 9.97 Å². The van der Waals surface area contributed by atoms with Crippen molar-refractivity contribution in [3.05, 3.63) is 146 Å². The summed E-state index contributed by atoms with van der Waals surface area (Å²) in [5.74, 6) is 0.739. The van der Waals surface area contributed by atoms with Gasteiger partial charge >= 0.3 is 0 Å². The molecule has 0 saturated heterocycles. The van der Waals surface area contributed by atoms with E-state index in [9.17, 15) is 0 Å². The summed E-state index contributed by atoms with van der Waals surface area (Å²) in [5, 5.41) is 13.7.